The van der Waals surface area contributed by atoms with Gasteiger partial charge >= 0.3 is 6.18 Å². The van der Waals surface area contributed by atoms with Crippen LogP contribution in [0.1, 0.15) is 18.4 Å². The van der Waals surface area contributed by atoms with Crippen molar-refractivity contribution in [3.63, 3.8) is 0 Å². The number of nitrogens with zero attached hydrogens (tertiary/aromatic N) is 3. The minimum Gasteiger partial charge on any atom is -0.482 e. The summed E-state index contributed by atoms with van der Waals surface area (Å²) in [6.45, 7) is 0.113. The molecule has 0 bridgehead atoms. The quantitative estimate of drug-likeness (QED) is 0.183. The third-order valence-electron chi connectivity index (χ3n) is 6.61. The second-order valence-electron chi connectivity index (χ2n) is 9.95. The Hall–Kier alpha value is -4.98. The number of aromatic nitrogens is 3. The Labute approximate surface area is 249 Å². The van der Waals surface area contributed by atoms with Crippen LogP contribution in [0.3, 0.4) is 0 Å². The highest BCUT2D eigenvalue weighted by molar-refractivity contribution is 7.90. The number of rotatable bonds is 9. The molecule has 1 atom stereocenters. The van der Waals surface area contributed by atoms with Crippen LogP contribution < -0.4 is 15.4 Å². The first-order valence-corrected chi connectivity index (χ1v) is 15.0. The number of nitrogens with one attached hydrogen (secondary N) is 2. The first kappa shape index (κ1) is 30.5. The molecule has 5 rings (SSSR count). The van der Waals surface area contributed by atoms with E-state index in [1.807, 2.05) is 12.1 Å². The molecule has 0 aliphatic carbocycles. The van der Waals surface area contributed by atoms with Gasteiger partial charge in [-0.25, -0.2) is 17.3 Å². The zero-order valence-corrected chi connectivity index (χ0v) is 24.1. The molecule has 0 fully saturated rings. The molecule has 14 heteroatoms. The molecule has 0 saturated heterocycles. The van der Waals surface area contributed by atoms with Crippen LogP contribution in [0.5, 0.6) is 5.75 Å². The summed E-state index contributed by atoms with van der Waals surface area (Å²) in [5.41, 5.74) is 3.32. The number of carbonyl (C=O) groups is 1. The molecule has 2 N–H and O–H groups in total. The fraction of sp³-hybridized carbons (Fsp3) is 0.167. The summed E-state index contributed by atoms with van der Waals surface area (Å²) in [5.74, 6) is -1.40. The first-order valence-electron chi connectivity index (χ1n) is 13.1. The maximum absolute atomic E-state index is 13.2. The Balaban J connectivity index is 1.32. The summed E-state index contributed by atoms with van der Waals surface area (Å²) >= 11 is 0. The Morgan fingerprint density at radius 3 is 2.34 bits per heavy atom. The fourth-order valence-electron chi connectivity index (χ4n) is 4.25. The minimum absolute atomic E-state index is 0.0412. The number of carbonyl (C=O) groups excluding carboxylic acids is 1. The normalized spacial score (nSPS) is 12.6. The molecule has 0 aliphatic rings. The first-order chi connectivity index (χ1) is 20.7. The van der Waals surface area contributed by atoms with Crippen LogP contribution in [0.25, 0.3) is 16.8 Å². The second-order valence-corrected chi connectivity index (χ2v) is 12.0. The van der Waals surface area contributed by atoms with Crippen LogP contribution in [-0.4, -0.2) is 48.0 Å². The van der Waals surface area contributed by atoms with Crippen molar-refractivity contribution in [3.05, 3.63) is 96.4 Å². The number of alkyl halides is 3. The summed E-state index contributed by atoms with van der Waals surface area (Å²) in [4.78, 5) is 16.9. The van der Waals surface area contributed by atoms with Gasteiger partial charge in [-0.3, -0.25) is 4.79 Å². The van der Waals surface area contributed by atoms with Crippen molar-refractivity contribution in [3.8, 4) is 16.9 Å². The number of sulfone groups is 1. The zero-order valence-electron chi connectivity index (χ0n) is 23.3. The molecule has 1 amide bonds. The van der Waals surface area contributed by atoms with E-state index in [0.717, 1.165) is 23.4 Å². The lowest BCUT2D eigenvalue weighted by Gasteiger charge is -2.14. The van der Waals surface area contributed by atoms with Crippen molar-refractivity contribution in [1.29, 1.82) is 0 Å². The fourth-order valence-corrected chi connectivity index (χ4v) is 4.89. The molecule has 0 radical (unpaired) electrons. The van der Waals surface area contributed by atoms with Crippen molar-refractivity contribution < 1.29 is 35.5 Å². The van der Waals surface area contributed by atoms with Gasteiger partial charge in [-0.1, -0.05) is 24.3 Å². The number of hydrogen-bond donors (Lipinski definition) is 2. The molecule has 0 unspecified atom stereocenters. The minimum atomic E-state index is -4.64. The van der Waals surface area contributed by atoms with Crippen LogP contribution >= 0.6 is 0 Å². The van der Waals surface area contributed by atoms with Crippen molar-refractivity contribution in [1.82, 2.24) is 14.6 Å². The number of pyridine rings is 1. The van der Waals surface area contributed by atoms with Crippen LogP contribution in [-0.2, 0) is 14.6 Å². The number of hydrogen-bond acceptors (Lipinski definition) is 7. The molecule has 0 spiro atoms. The highest BCUT2D eigenvalue weighted by Crippen LogP contribution is 2.32. The molecule has 5 aromatic rings. The topological polar surface area (TPSA) is 115 Å². The Morgan fingerprint density at radius 1 is 0.977 bits per heavy atom. The zero-order chi connectivity index (χ0) is 31.6. The smallest absolute Gasteiger partial charge is 0.422 e. The van der Waals surface area contributed by atoms with E-state index < -0.39 is 28.5 Å². The van der Waals surface area contributed by atoms with Crippen LogP contribution in [0, 0.1) is 5.82 Å². The van der Waals surface area contributed by atoms with Crippen molar-refractivity contribution in [2.75, 3.05) is 23.5 Å². The van der Waals surface area contributed by atoms with E-state index in [1.54, 1.807) is 49.5 Å². The monoisotopic (exact) mass is 627 g/mol. The molecular weight excluding hydrogens is 602 g/mol. The maximum Gasteiger partial charge on any atom is 0.422 e. The molecule has 0 saturated carbocycles. The van der Waals surface area contributed by atoms with Gasteiger partial charge in [0.1, 0.15) is 11.6 Å². The average Bonchev–Trinajstić information content (AvgIpc) is 3.37. The number of anilines is 3. The Kier molecular flexibility index (Phi) is 8.28. The van der Waals surface area contributed by atoms with Crippen LogP contribution in [0.2, 0.25) is 0 Å². The molecule has 228 valence electrons. The molecule has 0 aliphatic heterocycles. The standard InChI is InChI=1S/C30H25F4N5O4S/c1-18(19-3-7-22(31)8-4-19)28(40)35-23-9-5-20(6-10-23)21-13-14-39-27(15-21)37-29(38-39)36-25-12-11-24(44(2,41)42)16-26(25)43-17-30(32,33)34/h3-16,18H,17H2,1-2H3,(H,35,40)(H,36,38)/t18-/m1/s1. The van der Waals surface area contributed by atoms with E-state index in [0.29, 0.717) is 16.9 Å². The molecule has 9 nitrogen and oxygen atoms in total. The lowest BCUT2D eigenvalue weighted by Crippen LogP contribution is -2.19. The largest absolute Gasteiger partial charge is 0.482 e. The van der Waals surface area contributed by atoms with Crippen LogP contribution in [0.4, 0.5) is 34.9 Å². The number of benzene rings is 3. The van der Waals surface area contributed by atoms with E-state index in [9.17, 15) is 30.8 Å². The van der Waals surface area contributed by atoms with Crippen LogP contribution in [0.15, 0.2) is 90.0 Å². The third kappa shape index (κ3) is 7.32. The number of amides is 1. The van der Waals surface area contributed by atoms with Crippen molar-refractivity contribution in [2.45, 2.75) is 23.9 Å². The van der Waals surface area contributed by atoms with E-state index in [4.69, 9.17) is 4.74 Å². The number of ether oxygens (including phenoxy) is 1. The lowest BCUT2D eigenvalue weighted by molar-refractivity contribution is -0.153. The Bertz CT molecular complexity index is 1930. The van der Waals surface area contributed by atoms with Gasteiger partial charge < -0.3 is 15.4 Å². The van der Waals surface area contributed by atoms with E-state index in [-0.39, 0.29) is 34.0 Å². The highest BCUT2D eigenvalue weighted by Gasteiger charge is 2.29. The molecular formula is C30H25F4N5O4S. The Morgan fingerprint density at radius 2 is 1.68 bits per heavy atom. The van der Waals surface area contributed by atoms with E-state index >= 15 is 0 Å². The van der Waals surface area contributed by atoms with E-state index in [1.165, 1.54) is 28.8 Å². The second kappa shape index (κ2) is 12.0. The van der Waals surface area contributed by atoms with Gasteiger partial charge in [-0.2, -0.15) is 18.2 Å². The molecule has 44 heavy (non-hydrogen) atoms. The highest BCUT2D eigenvalue weighted by atomic mass is 32.2. The molecule has 2 heterocycles. The predicted molar refractivity (Wildman–Crippen MR) is 156 cm³/mol. The number of fused-ring (bicyclic) bond motifs is 1. The van der Waals surface area contributed by atoms with E-state index in [2.05, 4.69) is 20.7 Å². The van der Waals surface area contributed by atoms with Gasteiger partial charge in [0.2, 0.25) is 11.9 Å². The summed E-state index contributed by atoms with van der Waals surface area (Å²) in [6.07, 6.45) is -2.05. The molecule has 3 aromatic carbocycles. The van der Waals surface area contributed by atoms with Crippen molar-refractivity contribution >= 4 is 38.7 Å². The SMILES string of the molecule is C[C@@H](C(=O)Nc1ccc(-c2ccn3nc(Nc4ccc(S(C)(=O)=O)cc4OCC(F)(F)F)nc3c2)cc1)c1ccc(F)cc1. The van der Waals surface area contributed by atoms with Gasteiger partial charge in [0.15, 0.2) is 22.1 Å². The predicted octanol–water partition coefficient (Wildman–Crippen LogP) is 6.37. The lowest BCUT2D eigenvalue weighted by atomic mass is 10.00. The summed E-state index contributed by atoms with van der Waals surface area (Å²) in [6, 6.07) is 19.9. The average molecular weight is 628 g/mol. The summed E-state index contributed by atoms with van der Waals surface area (Å²) < 4.78 is 81.8. The molecule has 2 aromatic heterocycles. The van der Waals surface area contributed by atoms with Gasteiger partial charge in [0.25, 0.3) is 0 Å². The third-order valence-corrected chi connectivity index (χ3v) is 7.72. The number of halogens is 4. The van der Waals surface area contributed by atoms with Crippen molar-refractivity contribution in [2.24, 2.45) is 0 Å². The van der Waals surface area contributed by atoms with Gasteiger partial charge in [-0.15, -0.1) is 5.10 Å². The van der Waals surface area contributed by atoms with Gasteiger partial charge in [0, 0.05) is 24.2 Å². The summed E-state index contributed by atoms with van der Waals surface area (Å²) in [5, 5.41) is 9.93. The maximum atomic E-state index is 13.2. The summed E-state index contributed by atoms with van der Waals surface area (Å²) in [7, 11) is -3.70. The van der Waals surface area contributed by atoms with Gasteiger partial charge in [-0.05, 0) is 72.1 Å². The van der Waals surface area contributed by atoms with Gasteiger partial charge in [0.05, 0.1) is 16.5 Å².